The lowest BCUT2D eigenvalue weighted by Gasteiger charge is -2.34. The molecule has 37 heavy (non-hydrogen) atoms. The molecule has 0 radical (unpaired) electrons. The molecule has 1 saturated heterocycles. The minimum Gasteiger partial charge on any atom is -0.475 e. The summed E-state index contributed by atoms with van der Waals surface area (Å²) in [5, 5.41) is -0.336. The Hall–Kier alpha value is -3.73. The van der Waals surface area contributed by atoms with Crippen LogP contribution < -0.4 is 20.1 Å². The lowest BCUT2D eigenvalue weighted by Crippen LogP contribution is -2.41. The number of sulfonamides is 1. The zero-order valence-electron chi connectivity index (χ0n) is 21.6. The number of nitrogens with two attached hydrogens (primary N) is 1. The van der Waals surface area contributed by atoms with Crippen LogP contribution in [-0.4, -0.2) is 47.5 Å². The Morgan fingerprint density at radius 1 is 1.16 bits per heavy atom. The zero-order valence-corrected chi connectivity index (χ0v) is 22.4. The van der Waals surface area contributed by atoms with Crippen molar-refractivity contribution < 1.29 is 17.9 Å². The molecule has 0 aliphatic carbocycles. The maximum Gasteiger partial charge on any atom is 0.281 e. The highest BCUT2D eigenvalue weighted by Crippen LogP contribution is 2.38. The monoisotopic (exact) mass is 524 g/mol. The van der Waals surface area contributed by atoms with Crippen molar-refractivity contribution in [1.82, 2.24) is 19.7 Å². The minimum absolute atomic E-state index is 0.000864. The van der Waals surface area contributed by atoms with Gasteiger partial charge in [-0.1, -0.05) is 13.0 Å². The molecule has 1 aliphatic heterocycles. The van der Waals surface area contributed by atoms with Crippen molar-refractivity contribution in [2.45, 2.75) is 57.7 Å². The first kappa shape index (κ1) is 26.3. The highest BCUT2D eigenvalue weighted by molar-refractivity contribution is 7.90. The van der Waals surface area contributed by atoms with Gasteiger partial charge in [-0.05, 0) is 70.4 Å². The van der Waals surface area contributed by atoms with Crippen molar-refractivity contribution in [3.63, 3.8) is 0 Å². The standard InChI is InChI=1S/C26H32N6O4S/c1-16(2)36-22-12-9-18(14-28-22)20-11-10-19(24(29-20)32-15-17(3)13-26(32,4)5)25(33)31-37(34,35)23-8-6-7-21(27)30-23/h6-12,14,16-17H,13,15H2,1-5H3,(H2,27,30)(H,31,33)/t17-/m0/s1. The number of hydrogen-bond acceptors (Lipinski definition) is 9. The molecule has 3 aromatic rings. The van der Waals surface area contributed by atoms with Gasteiger partial charge in [-0.15, -0.1) is 0 Å². The molecule has 0 unspecified atom stereocenters. The second-order valence-corrected chi connectivity index (χ2v) is 11.8. The van der Waals surface area contributed by atoms with E-state index in [2.05, 4.69) is 40.4 Å². The lowest BCUT2D eigenvalue weighted by molar-refractivity contribution is 0.0981. The number of nitrogen functional groups attached to an aromatic ring is 1. The Morgan fingerprint density at radius 2 is 1.92 bits per heavy atom. The Bertz CT molecular complexity index is 1410. The van der Waals surface area contributed by atoms with Gasteiger partial charge in [0.25, 0.3) is 15.9 Å². The van der Waals surface area contributed by atoms with Crippen molar-refractivity contribution in [3.8, 4) is 17.1 Å². The predicted molar refractivity (Wildman–Crippen MR) is 142 cm³/mol. The molecule has 1 fully saturated rings. The zero-order chi connectivity index (χ0) is 27.0. The summed E-state index contributed by atoms with van der Waals surface area (Å²) in [5.41, 5.74) is 6.83. The van der Waals surface area contributed by atoms with Crippen molar-refractivity contribution in [2.75, 3.05) is 17.2 Å². The molecule has 10 nitrogen and oxygen atoms in total. The Morgan fingerprint density at radius 3 is 2.51 bits per heavy atom. The summed E-state index contributed by atoms with van der Waals surface area (Å²) in [6.45, 7) is 10.8. The third kappa shape index (κ3) is 5.82. The van der Waals surface area contributed by atoms with Crippen molar-refractivity contribution in [1.29, 1.82) is 0 Å². The summed E-state index contributed by atoms with van der Waals surface area (Å²) in [6.07, 6.45) is 2.56. The Kier molecular flexibility index (Phi) is 7.09. The fourth-order valence-electron chi connectivity index (χ4n) is 4.60. The number of carbonyl (C=O) groups excluding carboxylic acids is 1. The largest absolute Gasteiger partial charge is 0.475 e. The van der Waals surface area contributed by atoms with Gasteiger partial charge >= 0.3 is 0 Å². The molecule has 0 aromatic carbocycles. The lowest BCUT2D eigenvalue weighted by atomic mass is 9.97. The van der Waals surface area contributed by atoms with Gasteiger partial charge in [-0.3, -0.25) is 4.79 Å². The fraction of sp³-hybridized carbons (Fsp3) is 0.385. The first-order chi connectivity index (χ1) is 17.4. The molecular formula is C26H32N6O4S. The maximum atomic E-state index is 13.3. The van der Waals surface area contributed by atoms with Gasteiger partial charge in [0, 0.05) is 29.9 Å². The van der Waals surface area contributed by atoms with Crippen LogP contribution in [-0.2, 0) is 10.0 Å². The molecule has 0 bridgehead atoms. The van der Waals surface area contributed by atoms with Gasteiger partial charge in [-0.2, -0.15) is 8.42 Å². The minimum atomic E-state index is -4.25. The molecule has 0 spiro atoms. The summed E-state index contributed by atoms with van der Waals surface area (Å²) in [5.74, 6) is 0.513. The molecule has 3 aromatic heterocycles. The number of hydrogen-bond donors (Lipinski definition) is 2. The molecule has 3 N–H and O–H groups in total. The van der Waals surface area contributed by atoms with Gasteiger partial charge in [0.1, 0.15) is 11.6 Å². The van der Waals surface area contributed by atoms with Crippen LogP contribution in [0.15, 0.2) is 53.7 Å². The van der Waals surface area contributed by atoms with E-state index in [1.54, 1.807) is 24.4 Å². The van der Waals surface area contributed by atoms with E-state index in [1.807, 2.05) is 19.9 Å². The van der Waals surface area contributed by atoms with Gasteiger partial charge < -0.3 is 15.4 Å². The second-order valence-electron chi connectivity index (χ2n) is 10.2. The topological polar surface area (TPSA) is 140 Å². The molecule has 0 saturated carbocycles. The third-order valence-corrected chi connectivity index (χ3v) is 7.32. The van der Waals surface area contributed by atoms with E-state index in [0.717, 1.165) is 12.0 Å². The summed E-state index contributed by atoms with van der Waals surface area (Å²) >= 11 is 0. The SMILES string of the molecule is CC(C)Oc1ccc(-c2ccc(C(=O)NS(=O)(=O)c3cccc(N)n3)c(N3C[C@@H](C)CC3(C)C)n2)cn1. The number of nitrogens with zero attached hydrogens (tertiary/aromatic N) is 4. The highest BCUT2D eigenvalue weighted by Gasteiger charge is 2.39. The summed E-state index contributed by atoms with van der Waals surface area (Å²) in [4.78, 5) is 28.4. The summed E-state index contributed by atoms with van der Waals surface area (Å²) in [7, 11) is -4.25. The Balaban J connectivity index is 1.73. The van der Waals surface area contributed by atoms with Crippen LogP contribution in [0.4, 0.5) is 11.6 Å². The first-order valence-electron chi connectivity index (χ1n) is 12.1. The maximum absolute atomic E-state index is 13.3. The van der Waals surface area contributed by atoms with E-state index < -0.39 is 15.9 Å². The van der Waals surface area contributed by atoms with Crippen LogP contribution in [0.3, 0.4) is 0 Å². The molecule has 4 rings (SSSR count). The quantitative estimate of drug-likeness (QED) is 0.474. The highest BCUT2D eigenvalue weighted by atomic mass is 32.2. The number of rotatable bonds is 7. The van der Waals surface area contributed by atoms with Crippen LogP contribution in [0.5, 0.6) is 5.88 Å². The smallest absolute Gasteiger partial charge is 0.281 e. The van der Waals surface area contributed by atoms with E-state index in [0.29, 0.717) is 29.9 Å². The van der Waals surface area contributed by atoms with Crippen LogP contribution in [0.1, 0.15) is 51.4 Å². The van der Waals surface area contributed by atoms with E-state index >= 15 is 0 Å². The number of nitrogens with one attached hydrogen (secondary N) is 1. The Labute approximate surface area is 217 Å². The van der Waals surface area contributed by atoms with Crippen molar-refractivity contribution in [3.05, 3.63) is 54.2 Å². The fourth-order valence-corrected chi connectivity index (χ4v) is 5.55. The van der Waals surface area contributed by atoms with Crippen molar-refractivity contribution >= 4 is 27.6 Å². The third-order valence-electron chi connectivity index (χ3n) is 6.08. The van der Waals surface area contributed by atoms with Crippen LogP contribution in [0.2, 0.25) is 0 Å². The van der Waals surface area contributed by atoms with E-state index in [9.17, 15) is 13.2 Å². The summed E-state index contributed by atoms with van der Waals surface area (Å²) in [6, 6.07) is 11.1. The molecule has 1 amide bonds. The molecule has 196 valence electrons. The van der Waals surface area contributed by atoms with E-state index in [-0.39, 0.29) is 28.1 Å². The number of ether oxygens (including phenoxy) is 1. The number of pyridine rings is 3. The average molecular weight is 525 g/mol. The van der Waals surface area contributed by atoms with E-state index in [4.69, 9.17) is 15.5 Å². The predicted octanol–water partition coefficient (Wildman–Crippen LogP) is 3.65. The number of aromatic nitrogens is 3. The molecule has 1 aliphatic rings. The molecule has 1 atom stereocenters. The first-order valence-corrected chi connectivity index (χ1v) is 13.6. The normalized spacial score (nSPS) is 17.1. The van der Waals surface area contributed by atoms with E-state index in [1.165, 1.54) is 18.2 Å². The number of amides is 1. The molecule has 4 heterocycles. The molecular weight excluding hydrogens is 492 g/mol. The van der Waals surface area contributed by atoms with Gasteiger partial charge in [-0.25, -0.2) is 19.7 Å². The van der Waals surface area contributed by atoms with Gasteiger partial charge in [0.2, 0.25) is 5.88 Å². The van der Waals surface area contributed by atoms with Gasteiger partial charge in [0.05, 0.1) is 17.4 Å². The molecule has 11 heteroatoms. The number of carbonyl (C=O) groups is 1. The van der Waals surface area contributed by atoms with Crippen LogP contribution >= 0.6 is 0 Å². The van der Waals surface area contributed by atoms with Crippen molar-refractivity contribution in [2.24, 2.45) is 5.92 Å². The second kappa shape index (κ2) is 9.97. The number of anilines is 2. The van der Waals surface area contributed by atoms with Crippen LogP contribution in [0, 0.1) is 5.92 Å². The average Bonchev–Trinajstić information content (AvgIpc) is 3.10. The van der Waals surface area contributed by atoms with Gasteiger partial charge in [0.15, 0.2) is 5.03 Å². The van der Waals surface area contributed by atoms with Crippen LogP contribution in [0.25, 0.3) is 11.3 Å². The summed E-state index contributed by atoms with van der Waals surface area (Å²) < 4.78 is 33.5.